The molecule has 2 aromatic rings. The van der Waals surface area contributed by atoms with E-state index in [-0.39, 0.29) is 10.8 Å². The second-order valence-electron chi connectivity index (χ2n) is 6.17. The normalized spacial score (nSPS) is 15.0. The molecule has 0 unspecified atom stereocenters. The van der Waals surface area contributed by atoms with Gasteiger partial charge in [0.2, 0.25) is 10.0 Å². The van der Waals surface area contributed by atoms with Gasteiger partial charge < -0.3 is 10.1 Å². The zero-order valence-electron chi connectivity index (χ0n) is 14.6. The van der Waals surface area contributed by atoms with Crippen molar-refractivity contribution in [2.45, 2.75) is 24.3 Å². The maximum Gasteiger partial charge on any atom is 0.251 e. The van der Waals surface area contributed by atoms with Crippen LogP contribution in [0.3, 0.4) is 0 Å². The summed E-state index contributed by atoms with van der Waals surface area (Å²) >= 11 is 0. The summed E-state index contributed by atoms with van der Waals surface area (Å²) in [4.78, 5) is 12.6. The number of benzene rings is 2. The summed E-state index contributed by atoms with van der Waals surface area (Å²) < 4.78 is 31.8. The fourth-order valence-electron chi connectivity index (χ4n) is 2.90. The molecule has 0 radical (unpaired) electrons. The van der Waals surface area contributed by atoms with E-state index < -0.39 is 10.0 Å². The molecule has 6 nitrogen and oxygen atoms in total. The Hall–Kier alpha value is -2.38. The van der Waals surface area contributed by atoms with E-state index >= 15 is 0 Å². The Labute approximate surface area is 153 Å². The summed E-state index contributed by atoms with van der Waals surface area (Å²) in [6, 6.07) is 13.6. The van der Waals surface area contributed by atoms with E-state index in [1.54, 1.807) is 19.2 Å². The SMILES string of the molecule is COc1ccc(CNC(=O)c2cccc(S(=O)(=O)N3CCCC3)c2)cc1. The molecule has 1 aliphatic heterocycles. The Bertz CT molecular complexity index is 873. The van der Waals surface area contributed by atoms with Crippen LogP contribution in [0.15, 0.2) is 53.4 Å². The predicted octanol–water partition coefficient (Wildman–Crippen LogP) is 2.41. The van der Waals surface area contributed by atoms with Gasteiger partial charge in [0, 0.05) is 25.2 Å². The van der Waals surface area contributed by atoms with Gasteiger partial charge in [0.25, 0.3) is 5.91 Å². The Morgan fingerprint density at radius 1 is 1.12 bits per heavy atom. The van der Waals surface area contributed by atoms with Gasteiger partial charge in [0.15, 0.2) is 0 Å². The largest absolute Gasteiger partial charge is 0.497 e. The highest BCUT2D eigenvalue weighted by Gasteiger charge is 2.27. The molecule has 138 valence electrons. The lowest BCUT2D eigenvalue weighted by atomic mass is 10.2. The summed E-state index contributed by atoms with van der Waals surface area (Å²) in [6.07, 6.45) is 1.75. The zero-order valence-corrected chi connectivity index (χ0v) is 15.5. The van der Waals surface area contributed by atoms with E-state index in [1.165, 1.54) is 16.4 Å². The molecule has 2 aromatic carbocycles. The van der Waals surface area contributed by atoms with Gasteiger partial charge in [-0.1, -0.05) is 18.2 Å². The number of hydrogen-bond acceptors (Lipinski definition) is 4. The summed E-state index contributed by atoms with van der Waals surface area (Å²) in [6.45, 7) is 1.43. The van der Waals surface area contributed by atoms with Crippen LogP contribution in [0.25, 0.3) is 0 Å². The molecule has 1 N–H and O–H groups in total. The molecule has 1 heterocycles. The summed E-state index contributed by atoms with van der Waals surface area (Å²) in [5.41, 5.74) is 1.26. The first-order chi connectivity index (χ1) is 12.5. The fraction of sp³-hybridized carbons (Fsp3) is 0.316. The van der Waals surface area contributed by atoms with Crippen LogP contribution >= 0.6 is 0 Å². The van der Waals surface area contributed by atoms with Crippen LogP contribution in [0.5, 0.6) is 5.75 Å². The number of nitrogens with zero attached hydrogens (tertiary/aromatic N) is 1. The molecule has 0 saturated carbocycles. The van der Waals surface area contributed by atoms with E-state index in [4.69, 9.17) is 4.74 Å². The van der Waals surface area contributed by atoms with Crippen molar-refractivity contribution in [3.05, 3.63) is 59.7 Å². The van der Waals surface area contributed by atoms with Crippen LogP contribution in [0.4, 0.5) is 0 Å². The molecular weight excluding hydrogens is 352 g/mol. The lowest BCUT2D eigenvalue weighted by Gasteiger charge is -2.16. The third-order valence-electron chi connectivity index (χ3n) is 4.41. The molecule has 1 aliphatic rings. The maximum absolute atomic E-state index is 12.6. The highest BCUT2D eigenvalue weighted by Crippen LogP contribution is 2.21. The number of hydrogen-bond donors (Lipinski definition) is 1. The molecule has 0 bridgehead atoms. The van der Waals surface area contributed by atoms with E-state index in [2.05, 4.69) is 5.32 Å². The highest BCUT2D eigenvalue weighted by atomic mass is 32.2. The third-order valence-corrected chi connectivity index (χ3v) is 6.31. The molecule has 0 aromatic heterocycles. The molecule has 1 saturated heterocycles. The second kappa shape index (κ2) is 7.88. The van der Waals surface area contributed by atoms with Crippen molar-refractivity contribution < 1.29 is 17.9 Å². The van der Waals surface area contributed by atoms with Gasteiger partial charge in [-0.2, -0.15) is 4.31 Å². The van der Waals surface area contributed by atoms with E-state index in [0.717, 1.165) is 24.2 Å². The van der Waals surface area contributed by atoms with Crippen LogP contribution in [-0.4, -0.2) is 38.8 Å². The Balaban J connectivity index is 1.69. The average Bonchev–Trinajstić information content (AvgIpc) is 3.22. The lowest BCUT2D eigenvalue weighted by Crippen LogP contribution is -2.28. The van der Waals surface area contributed by atoms with Crippen LogP contribution in [-0.2, 0) is 16.6 Å². The van der Waals surface area contributed by atoms with Gasteiger partial charge >= 0.3 is 0 Å². The van der Waals surface area contributed by atoms with Crippen molar-refractivity contribution in [2.24, 2.45) is 0 Å². The van der Waals surface area contributed by atoms with E-state index in [0.29, 0.717) is 25.2 Å². The number of carbonyl (C=O) groups excluding carboxylic acids is 1. The second-order valence-corrected chi connectivity index (χ2v) is 8.11. The number of methoxy groups -OCH3 is 1. The number of ether oxygens (including phenoxy) is 1. The summed E-state index contributed by atoms with van der Waals surface area (Å²) in [5.74, 6) is 0.444. The third kappa shape index (κ3) is 4.05. The van der Waals surface area contributed by atoms with Crippen LogP contribution in [0.2, 0.25) is 0 Å². The van der Waals surface area contributed by atoms with Crippen molar-refractivity contribution in [1.82, 2.24) is 9.62 Å². The summed E-state index contributed by atoms with van der Waals surface area (Å²) in [5, 5.41) is 2.81. The monoisotopic (exact) mass is 374 g/mol. The van der Waals surface area contributed by atoms with Crippen LogP contribution < -0.4 is 10.1 Å². The van der Waals surface area contributed by atoms with Gasteiger partial charge in [0.1, 0.15) is 5.75 Å². The van der Waals surface area contributed by atoms with Gasteiger partial charge in [-0.3, -0.25) is 4.79 Å². The molecule has 0 spiro atoms. The molecule has 0 atom stereocenters. The van der Waals surface area contributed by atoms with E-state index in [1.807, 2.05) is 24.3 Å². The Morgan fingerprint density at radius 2 is 1.81 bits per heavy atom. The molecular formula is C19H22N2O4S. The quantitative estimate of drug-likeness (QED) is 0.842. The zero-order chi connectivity index (χ0) is 18.6. The van der Waals surface area contributed by atoms with Crippen LogP contribution in [0, 0.1) is 0 Å². The first kappa shape index (κ1) is 18.4. The molecule has 1 fully saturated rings. The van der Waals surface area contributed by atoms with Crippen molar-refractivity contribution in [1.29, 1.82) is 0 Å². The fourth-order valence-corrected chi connectivity index (χ4v) is 4.47. The first-order valence-electron chi connectivity index (χ1n) is 8.52. The number of amides is 1. The van der Waals surface area contributed by atoms with Crippen LogP contribution in [0.1, 0.15) is 28.8 Å². The van der Waals surface area contributed by atoms with Gasteiger partial charge in [-0.15, -0.1) is 0 Å². The van der Waals surface area contributed by atoms with Crippen molar-refractivity contribution in [3.8, 4) is 5.75 Å². The number of sulfonamides is 1. The topological polar surface area (TPSA) is 75.7 Å². The van der Waals surface area contributed by atoms with Gasteiger partial charge in [0.05, 0.1) is 12.0 Å². The van der Waals surface area contributed by atoms with Crippen molar-refractivity contribution in [2.75, 3.05) is 20.2 Å². The average molecular weight is 374 g/mol. The Kier molecular flexibility index (Phi) is 5.58. The van der Waals surface area contributed by atoms with Crippen molar-refractivity contribution in [3.63, 3.8) is 0 Å². The maximum atomic E-state index is 12.6. The first-order valence-corrected chi connectivity index (χ1v) is 9.96. The standard InChI is InChI=1S/C19H22N2O4S/c1-25-17-9-7-15(8-10-17)14-20-19(22)16-5-4-6-18(13-16)26(23,24)21-11-2-3-12-21/h4-10,13H,2-3,11-12,14H2,1H3,(H,20,22). The molecule has 1 amide bonds. The predicted molar refractivity (Wildman–Crippen MR) is 98.6 cm³/mol. The van der Waals surface area contributed by atoms with Gasteiger partial charge in [-0.25, -0.2) is 8.42 Å². The van der Waals surface area contributed by atoms with Gasteiger partial charge in [-0.05, 0) is 48.7 Å². The minimum Gasteiger partial charge on any atom is -0.497 e. The summed E-state index contributed by atoms with van der Waals surface area (Å²) in [7, 11) is -1.93. The molecule has 3 rings (SSSR count). The minimum atomic E-state index is -3.53. The number of rotatable bonds is 6. The number of carbonyl (C=O) groups is 1. The molecule has 0 aliphatic carbocycles. The van der Waals surface area contributed by atoms with E-state index in [9.17, 15) is 13.2 Å². The Morgan fingerprint density at radius 3 is 2.46 bits per heavy atom. The lowest BCUT2D eigenvalue weighted by molar-refractivity contribution is 0.0950. The number of nitrogens with one attached hydrogen (secondary N) is 1. The molecule has 7 heteroatoms. The van der Waals surface area contributed by atoms with Crippen molar-refractivity contribution >= 4 is 15.9 Å². The smallest absolute Gasteiger partial charge is 0.251 e. The highest BCUT2D eigenvalue weighted by molar-refractivity contribution is 7.89. The minimum absolute atomic E-state index is 0.163. The molecule has 26 heavy (non-hydrogen) atoms.